The molecule has 1 N–H and O–H groups in total. The number of methoxy groups -OCH3 is 1. The zero-order valence-electron chi connectivity index (χ0n) is 15.0. The predicted octanol–water partition coefficient (Wildman–Crippen LogP) is 2.79. The van der Waals surface area contributed by atoms with Crippen LogP contribution in [0.3, 0.4) is 0 Å². The first-order valence-corrected chi connectivity index (χ1v) is 8.71. The first-order valence-electron chi connectivity index (χ1n) is 8.71. The summed E-state index contributed by atoms with van der Waals surface area (Å²) < 4.78 is 10.6. The summed E-state index contributed by atoms with van der Waals surface area (Å²) in [5, 5.41) is 3.31. The number of esters is 2. The molecule has 0 radical (unpaired) electrons. The summed E-state index contributed by atoms with van der Waals surface area (Å²) in [7, 11) is 1.33. The van der Waals surface area contributed by atoms with Crippen molar-refractivity contribution in [3.05, 3.63) is 53.3 Å². The van der Waals surface area contributed by atoms with Crippen molar-refractivity contribution in [1.82, 2.24) is 10.3 Å². The van der Waals surface area contributed by atoms with Crippen LogP contribution < -0.4 is 5.32 Å². The fourth-order valence-corrected chi connectivity index (χ4v) is 3.72. The van der Waals surface area contributed by atoms with Crippen LogP contribution in [-0.2, 0) is 15.9 Å². The Morgan fingerprint density at radius 2 is 1.96 bits per heavy atom. The lowest BCUT2D eigenvalue weighted by Crippen LogP contribution is -2.49. The quantitative estimate of drug-likeness (QED) is 0.797. The topological polar surface area (TPSA) is 77.5 Å². The summed E-state index contributed by atoms with van der Waals surface area (Å²) in [6.07, 6.45) is 5.55. The zero-order valence-corrected chi connectivity index (χ0v) is 15.8. The van der Waals surface area contributed by atoms with Crippen molar-refractivity contribution in [3.8, 4) is 11.1 Å². The molecule has 1 aromatic carbocycles. The number of nitrogens with one attached hydrogen (secondary N) is 1. The maximum Gasteiger partial charge on any atom is 0.339 e. The van der Waals surface area contributed by atoms with E-state index in [9.17, 15) is 9.59 Å². The summed E-state index contributed by atoms with van der Waals surface area (Å²) in [4.78, 5) is 28.4. The van der Waals surface area contributed by atoms with Gasteiger partial charge in [-0.2, -0.15) is 0 Å². The standard InChI is InChI=1S/C20H20N2O4.ClH/c1-25-18(23)16-8-15(11-22-12-16)13-2-3-14-10-20(4-6-21-7-5-20)26-19(24)17(14)9-13;/h2-3,8-9,11-12,21H,4-7,10H2,1H3;1H. The number of nitrogens with zero attached hydrogens (tertiary/aromatic N) is 1. The number of carbonyl (C=O) groups is 2. The molecule has 0 unspecified atom stereocenters. The molecule has 2 aromatic rings. The Labute approximate surface area is 163 Å². The van der Waals surface area contributed by atoms with Gasteiger partial charge >= 0.3 is 11.9 Å². The molecule has 4 rings (SSSR count). The molecule has 0 atom stereocenters. The van der Waals surface area contributed by atoms with Gasteiger partial charge in [0, 0.05) is 37.2 Å². The van der Waals surface area contributed by atoms with Crippen molar-refractivity contribution in [2.24, 2.45) is 0 Å². The van der Waals surface area contributed by atoms with Crippen molar-refractivity contribution < 1.29 is 19.1 Å². The molecule has 27 heavy (non-hydrogen) atoms. The average Bonchev–Trinajstić information content (AvgIpc) is 2.68. The molecule has 7 heteroatoms. The van der Waals surface area contributed by atoms with E-state index in [0.717, 1.165) is 49.0 Å². The Morgan fingerprint density at radius 3 is 2.70 bits per heavy atom. The van der Waals surface area contributed by atoms with E-state index < -0.39 is 5.97 Å². The number of ether oxygens (including phenoxy) is 2. The summed E-state index contributed by atoms with van der Waals surface area (Å²) in [6.45, 7) is 1.74. The lowest BCUT2D eigenvalue weighted by atomic mass is 9.81. The van der Waals surface area contributed by atoms with Gasteiger partial charge in [0.1, 0.15) is 5.60 Å². The number of benzene rings is 1. The lowest BCUT2D eigenvalue weighted by molar-refractivity contribution is -0.0398. The number of pyridine rings is 1. The van der Waals surface area contributed by atoms with E-state index >= 15 is 0 Å². The smallest absolute Gasteiger partial charge is 0.339 e. The van der Waals surface area contributed by atoms with Crippen LogP contribution in [0, 0.1) is 0 Å². The van der Waals surface area contributed by atoms with Gasteiger partial charge in [-0.15, -0.1) is 12.4 Å². The van der Waals surface area contributed by atoms with Crippen LogP contribution in [0.5, 0.6) is 0 Å². The Balaban J connectivity index is 0.00000210. The highest BCUT2D eigenvalue weighted by Gasteiger charge is 2.41. The number of rotatable bonds is 2. The van der Waals surface area contributed by atoms with Gasteiger partial charge < -0.3 is 14.8 Å². The molecule has 0 bridgehead atoms. The highest BCUT2D eigenvalue weighted by Crippen LogP contribution is 2.36. The normalized spacial score (nSPS) is 17.4. The van der Waals surface area contributed by atoms with Crippen molar-refractivity contribution in [3.63, 3.8) is 0 Å². The van der Waals surface area contributed by atoms with E-state index in [1.807, 2.05) is 18.2 Å². The first-order chi connectivity index (χ1) is 12.6. The van der Waals surface area contributed by atoms with Crippen LogP contribution in [0.25, 0.3) is 11.1 Å². The third-order valence-electron chi connectivity index (χ3n) is 5.16. The van der Waals surface area contributed by atoms with E-state index in [1.165, 1.54) is 13.3 Å². The number of halogens is 1. The Hall–Kier alpha value is -2.44. The monoisotopic (exact) mass is 388 g/mol. The molecular weight excluding hydrogens is 368 g/mol. The molecule has 1 aromatic heterocycles. The van der Waals surface area contributed by atoms with Gasteiger partial charge in [-0.3, -0.25) is 4.98 Å². The Kier molecular flexibility index (Phi) is 5.48. The molecule has 2 aliphatic rings. The fourth-order valence-electron chi connectivity index (χ4n) is 3.72. The van der Waals surface area contributed by atoms with E-state index in [-0.39, 0.29) is 24.0 Å². The van der Waals surface area contributed by atoms with Gasteiger partial charge in [-0.1, -0.05) is 12.1 Å². The van der Waals surface area contributed by atoms with Crippen molar-refractivity contribution >= 4 is 24.3 Å². The molecular formula is C20H21ClN2O4. The molecule has 0 aliphatic carbocycles. The maximum absolute atomic E-state index is 12.6. The highest BCUT2D eigenvalue weighted by atomic mass is 35.5. The number of aromatic nitrogens is 1. The average molecular weight is 389 g/mol. The van der Waals surface area contributed by atoms with Crippen LogP contribution in [0.1, 0.15) is 39.1 Å². The lowest BCUT2D eigenvalue weighted by Gasteiger charge is -2.40. The van der Waals surface area contributed by atoms with E-state index in [4.69, 9.17) is 9.47 Å². The third-order valence-corrected chi connectivity index (χ3v) is 5.16. The van der Waals surface area contributed by atoms with E-state index in [2.05, 4.69) is 10.3 Å². The first kappa shape index (κ1) is 19.3. The molecule has 1 spiro atoms. The van der Waals surface area contributed by atoms with Crippen molar-refractivity contribution in [1.29, 1.82) is 0 Å². The van der Waals surface area contributed by atoms with Crippen LogP contribution in [0.2, 0.25) is 0 Å². The van der Waals surface area contributed by atoms with E-state index in [1.54, 1.807) is 12.3 Å². The maximum atomic E-state index is 12.6. The second-order valence-electron chi connectivity index (χ2n) is 6.83. The van der Waals surface area contributed by atoms with Gasteiger partial charge in [-0.25, -0.2) is 9.59 Å². The molecule has 1 saturated heterocycles. The Bertz CT molecular complexity index is 878. The minimum absolute atomic E-state index is 0. The van der Waals surface area contributed by atoms with Crippen molar-refractivity contribution in [2.45, 2.75) is 24.9 Å². The molecule has 0 saturated carbocycles. The van der Waals surface area contributed by atoms with Crippen LogP contribution >= 0.6 is 12.4 Å². The largest absolute Gasteiger partial charge is 0.465 e. The summed E-state index contributed by atoms with van der Waals surface area (Å²) in [6, 6.07) is 7.48. The molecule has 142 valence electrons. The fraction of sp³-hybridized carbons (Fsp3) is 0.350. The van der Waals surface area contributed by atoms with Gasteiger partial charge in [-0.05, 0) is 36.3 Å². The zero-order chi connectivity index (χ0) is 18.1. The number of carbonyl (C=O) groups excluding carboxylic acids is 2. The van der Waals surface area contributed by atoms with Gasteiger partial charge in [0.15, 0.2) is 0 Å². The Morgan fingerprint density at radius 1 is 1.19 bits per heavy atom. The van der Waals surface area contributed by atoms with Crippen LogP contribution in [0.15, 0.2) is 36.7 Å². The number of piperidine rings is 1. The SMILES string of the molecule is COC(=O)c1cncc(-c2ccc3c(c2)C(=O)OC2(CCNCC2)C3)c1.Cl. The molecule has 3 heterocycles. The predicted molar refractivity (Wildman–Crippen MR) is 102 cm³/mol. The van der Waals surface area contributed by atoms with Crippen LogP contribution in [0.4, 0.5) is 0 Å². The summed E-state index contributed by atoms with van der Waals surface area (Å²) >= 11 is 0. The summed E-state index contributed by atoms with van der Waals surface area (Å²) in [5.74, 6) is -0.711. The molecule has 0 amide bonds. The van der Waals surface area contributed by atoms with Gasteiger partial charge in [0.2, 0.25) is 0 Å². The van der Waals surface area contributed by atoms with E-state index in [0.29, 0.717) is 11.1 Å². The number of hydrogen-bond acceptors (Lipinski definition) is 6. The van der Waals surface area contributed by atoms with Crippen LogP contribution in [-0.4, -0.2) is 42.7 Å². The third kappa shape index (κ3) is 3.68. The van der Waals surface area contributed by atoms with Crippen molar-refractivity contribution in [2.75, 3.05) is 20.2 Å². The summed E-state index contributed by atoms with van der Waals surface area (Å²) in [5.41, 5.74) is 3.19. The van der Waals surface area contributed by atoms with Gasteiger partial charge in [0.25, 0.3) is 0 Å². The molecule has 2 aliphatic heterocycles. The molecule has 1 fully saturated rings. The minimum Gasteiger partial charge on any atom is -0.465 e. The second-order valence-corrected chi connectivity index (χ2v) is 6.83. The molecule has 6 nitrogen and oxygen atoms in total. The van der Waals surface area contributed by atoms with Gasteiger partial charge in [0.05, 0.1) is 18.2 Å². The second kappa shape index (κ2) is 7.66. The minimum atomic E-state index is -0.440. The highest BCUT2D eigenvalue weighted by molar-refractivity contribution is 5.95. The number of hydrogen-bond donors (Lipinski definition) is 1. The number of fused-ring (bicyclic) bond motifs is 1.